The number of carbonyl (C=O) groups is 1. The first kappa shape index (κ1) is 14.8. The van der Waals surface area contributed by atoms with Crippen LogP contribution in [-0.2, 0) is 4.74 Å². The highest BCUT2D eigenvalue weighted by Gasteiger charge is 2.05. The Morgan fingerprint density at radius 3 is 2.78 bits per heavy atom. The second kappa shape index (κ2) is 7.94. The van der Waals surface area contributed by atoms with Crippen LogP contribution in [0.5, 0.6) is 5.75 Å². The lowest BCUT2D eigenvalue weighted by atomic mass is 10.3. The van der Waals surface area contributed by atoms with Crippen LogP contribution in [-0.4, -0.2) is 33.4 Å². The van der Waals surface area contributed by atoms with E-state index in [1.165, 1.54) is 0 Å². The van der Waals surface area contributed by atoms with Gasteiger partial charge in [-0.2, -0.15) is 0 Å². The summed E-state index contributed by atoms with van der Waals surface area (Å²) in [6.45, 7) is 1.21. The van der Waals surface area contributed by atoms with Gasteiger partial charge in [0.25, 0.3) is 0 Å². The van der Waals surface area contributed by atoms with Crippen LogP contribution in [0.4, 0.5) is 10.5 Å². The van der Waals surface area contributed by atoms with Crippen molar-refractivity contribution >= 4 is 27.6 Å². The van der Waals surface area contributed by atoms with E-state index in [0.29, 0.717) is 18.8 Å². The molecule has 0 unspecified atom stereocenters. The van der Waals surface area contributed by atoms with Crippen LogP contribution in [0.15, 0.2) is 22.7 Å². The van der Waals surface area contributed by atoms with E-state index in [1.54, 1.807) is 32.4 Å². The molecule has 0 aliphatic heterocycles. The van der Waals surface area contributed by atoms with Gasteiger partial charge in [-0.3, -0.25) is 0 Å². The minimum atomic E-state index is -0.239. The standard InChI is InChI=1S/C12H17BrN2O3/c1-17-7-3-6-14-12(16)15-11-5-4-9(18-2)8-10(11)13/h4-5,8H,3,6-7H2,1-2H3,(H2,14,15,16). The van der Waals surface area contributed by atoms with Gasteiger partial charge in [0.05, 0.1) is 12.8 Å². The highest BCUT2D eigenvalue weighted by Crippen LogP contribution is 2.26. The van der Waals surface area contributed by atoms with Crippen molar-refractivity contribution < 1.29 is 14.3 Å². The zero-order valence-electron chi connectivity index (χ0n) is 10.5. The molecule has 6 heteroatoms. The number of amides is 2. The molecule has 1 rings (SSSR count). The predicted octanol–water partition coefficient (Wildman–Crippen LogP) is 2.62. The number of ether oxygens (including phenoxy) is 2. The number of halogens is 1. The maximum Gasteiger partial charge on any atom is 0.319 e. The number of nitrogens with one attached hydrogen (secondary N) is 2. The summed E-state index contributed by atoms with van der Waals surface area (Å²) in [6.07, 6.45) is 0.785. The third-order valence-corrected chi connectivity index (χ3v) is 2.89. The molecule has 100 valence electrons. The van der Waals surface area contributed by atoms with Crippen molar-refractivity contribution in [1.82, 2.24) is 5.32 Å². The molecule has 0 bridgehead atoms. The summed E-state index contributed by atoms with van der Waals surface area (Å²) in [5.74, 6) is 0.730. The molecule has 0 heterocycles. The summed E-state index contributed by atoms with van der Waals surface area (Å²) in [7, 11) is 3.23. The molecule has 2 amide bonds. The molecule has 1 aromatic carbocycles. The van der Waals surface area contributed by atoms with Gasteiger partial charge in [0.15, 0.2) is 0 Å². The van der Waals surface area contributed by atoms with Crippen LogP contribution < -0.4 is 15.4 Å². The molecule has 5 nitrogen and oxygen atoms in total. The lowest BCUT2D eigenvalue weighted by Gasteiger charge is -2.10. The first-order chi connectivity index (χ1) is 8.67. The Hall–Kier alpha value is -1.27. The number of hydrogen-bond acceptors (Lipinski definition) is 3. The Balaban J connectivity index is 2.44. The van der Waals surface area contributed by atoms with Crippen molar-refractivity contribution in [2.45, 2.75) is 6.42 Å². The predicted molar refractivity (Wildman–Crippen MR) is 74.2 cm³/mol. The lowest BCUT2D eigenvalue weighted by Crippen LogP contribution is -2.30. The topological polar surface area (TPSA) is 59.6 Å². The van der Waals surface area contributed by atoms with Crippen LogP contribution in [0, 0.1) is 0 Å². The zero-order valence-corrected chi connectivity index (χ0v) is 12.0. The van der Waals surface area contributed by atoms with Crippen molar-refractivity contribution in [1.29, 1.82) is 0 Å². The number of rotatable bonds is 6. The Bertz CT molecular complexity index is 399. The van der Waals surface area contributed by atoms with Gasteiger partial charge in [0.1, 0.15) is 5.75 Å². The fourth-order valence-corrected chi connectivity index (χ4v) is 1.77. The fourth-order valence-electron chi connectivity index (χ4n) is 1.31. The Labute approximate surface area is 115 Å². The molecule has 0 saturated carbocycles. The highest BCUT2D eigenvalue weighted by molar-refractivity contribution is 9.10. The SMILES string of the molecule is COCCCNC(=O)Nc1ccc(OC)cc1Br. The first-order valence-electron chi connectivity index (χ1n) is 5.54. The van der Waals surface area contributed by atoms with Gasteiger partial charge >= 0.3 is 6.03 Å². The van der Waals surface area contributed by atoms with E-state index in [4.69, 9.17) is 9.47 Å². The second-order valence-corrected chi connectivity index (χ2v) is 4.43. The average Bonchev–Trinajstić information content (AvgIpc) is 2.37. The molecular weight excluding hydrogens is 300 g/mol. The molecule has 0 radical (unpaired) electrons. The monoisotopic (exact) mass is 316 g/mol. The second-order valence-electron chi connectivity index (χ2n) is 3.57. The Morgan fingerprint density at radius 2 is 2.17 bits per heavy atom. The van der Waals surface area contributed by atoms with Crippen molar-refractivity contribution in [2.24, 2.45) is 0 Å². The molecule has 0 aliphatic rings. The largest absolute Gasteiger partial charge is 0.497 e. The van der Waals surface area contributed by atoms with Crippen molar-refractivity contribution in [3.8, 4) is 5.75 Å². The van der Waals surface area contributed by atoms with Gasteiger partial charge in [-0.25, -0.2) is 4.79 Å². The molecule has 1 aromatic rings. The van der Waals surface area contributed by atoms with Gasteiger partial charge in [-0.1, -0.05) is 0 Å². The summed E-state index contributed by atoms with van der Waals surface area (Å²) in [5.41, 5.74) is 0.694. The Morgan fingerprint density at radius 1 is 1.39 bits per heavy atom. The number of carbonyl (C=O) groups excluding carboxylic acids is 1. The van der Waals surface area contributed by atoms with E-state index >= 15 is 0 Å². The van der Waals surface area contributed by atoms with Crippen LogP contribution in [0.2, 0.25) is 0 Å². The molecule has 0 aromatic heterocycles. The third-order valence-electron chi connectivity index (χ3n) is 2.24. The summed E-state index contributed by atoms with van der Waals surface area (Å²) >= 11 is 3.37. The summed E-state index contributed by atoms with van der Waals surface area (Å²) in [5, 5.41) is 5.48. The molecule has 0 aliphatic carbocycles. The molecule has 0 fully saturated rings. The van der Waals surface area contributed by atoms with Crippen molar-refractivity contribution in [3.63, 3.8) is 0 Å². The molecule has 0 spiro atoms. The van der Waals surface area contributed by atoms with Crippen LogP contribution in [0.25, 0.3) is 0 Å². The van der Waals surface area contributed by atoms with Crippen LogP contribution in [0.3, 0.4) is 0 Å². The average molecular weight is 317 g/mol. The van der Waals surface area contributed by atoms with Gasteiger partial charge in [-0.05, 0) is 40.5 Å². The minimum Gasteiger partial charge on any atom is -0.497 e. The molecule has 0 atom stereocenters. The van der Waals surface area contributed by atoms with Gasteiger partial charge in [0.2, 0.25) is 0 Å². The number of benzene rings is 1. The van der Waals surface area contributed by atoms with Gasteiger partial charge < -0.3 is 20.1 Å². The third kappa shape index (κ3) is 4.93. The quantitative estimate of drug-likeness (QED) is 0.793. The maximum atomic E-state index is 11.6. The minimum absolute atomic E-state index is 0.239. The van der Waals surface area contributed by atoms with E-state index in [9.17, 15) is 4.79 Å². The first-order valence-corrected chi connectivity index (χ1v) is 6.34. The van der Waals surface area contributed by atoms with Gasteiger partial charge in [0, 0.05) is 24.7 Å². The normalized spacial score (nSPS) is 9.94. The molecule has 2 N–H and O–H groups in total. The molecular formula is C12H17BrN2O3. The highest BCUT2D eigenvalue weighted by atomic mass is 79.9. The van der Waals surface area contributed by atoms with Crippen molar-refractivity contribution in [3.05, 3.63) is 22.7 Å². The smallest absolute Gasteiger partial charge is 0.319 e. The van der Waals surface area contributed by atoms with E-state index in [2.05, 4.69) is 26.6 Å². The number of methoxy groups -OCH3 is 2. The number of hydrogen-bond donors (Lipinski definition) is 2. The van der Waals surface area contributed by atoms with Gasteiger partial charge in [-0.15, -0.1) is 0 Å². The zero-order chi connectivity index (χ0) is 13.4. The fraction of sp³-hybridized carbons (Fsp3) is 0.417. The summed E-state index contributed by atoms with van der Waals surface area (Å²) in [4.78, 5) is 11.6. The maximum absolute atomic E-state index is 11.6. The van der Waals surface area contributed by atoms with E-state index < -0.39 is 0 Å². The van der Waals surface area contributed by atoms with Crippen LogP contribution >= 0.6 is 15.9 Å². The van der Waals surface area contributed by atoms with Crippen molar-refractivity contribution in [2.75, 3.05) is 32.7 Å². The number of urea groups is 1. The summed E-state index contributed by atoms with van der Waals surface area (Å²) in [6, 6.07) is 5.11. The lowest BCUT2D eigenvalue weighted by molar-refractivity contribution is 0.194. The number of anilines is 1. The van der Waals surface area contributed by atoms with E-state index in [0.717, 1.165) is 16.6 Å². The Kier molecular flexibility index (Phi) is 6.53. The van der Waals surface area contributed by atoms with E-state index in [1.807, 2.05) is 0 Å². The molecule has 18 heavy (non-hydrogen) atoms. The summed E-state index contributed by atoms with van der Waals surface area (Å²) < 4.78 is 10.7. The molecule has 0 saturated heterocycles. The van der Waals surface area contributed by atoms with Crippen LogP contribution in [0.1, 0.15) is 6.42 Å². The van der Waals surface area contributed by atoms with E-state index in [-0.39, 0.29) is 6.03 Å².